The zero-order valence-electron chi connectivity index (χ0n) is 11.1. The normalized spacial score (nSPS) is 14.3. The molecule has 1 aromatic carbocycles. The van der Waals surface area contributed by atoms with Crippen LogP contribution >= 0.6 is 7.60 Å². The lowest BCUT2D eigenvalue weighted by Gasteiger charge is -2.22. The topological polar surface area (TPSA) is 55.8 Å². The van der Waals surface area contributed by atoms with E-state index in [9.17, 15) is 22.8 Å². The predicted molar refractivity (Wildman–Crippen MR) is 67.3 cm³/mol. The Kier molecular flexibility index (Phi) is 5.77. The van der Waals surface area contributed by atoms with E-state index in [2.05, 4.69) is 0 Å². The zero-order valence-corrected chi connectivity index (χ0v) is 11.9. The number of alkyl halides is 3. The van der Waals surface area contributed by atoms with Crippen LogP contribution in [0.25, 0.3) is 0 Å². The molecule has 0 unspecified atom stereocenters. The van der Waals surface area contributed by atoms with Crippen LogP contribution in [0.3, 0.4) is 0 Å². The van der Waals surface area contributed by atoms with E-state index in [-0.39, 0.29) is 18.8 Å². The third-order valence-electron chi connectivity index (χ3n) is 2.45. The minimum Gasteiger partial charge on any atom is -0.376 e. The van der Waals surface area contributed by atoms with Crippen molar-refractivity contribution in [2.24, 2.45) is 0 Å². The molecule has 1 aromatic rings. The Labute approximate surface area is 115 Å². The number of rotatable bonds is 6. The molecule has 0 aliphatic heterocycles. The second-order valence-corrected chi connectivity index (χ2v) is 5.95. The average Bonchev–Trinajstić information content (AvgIpc) is 2.37. The highest BCUT2D eigenvalue weighted by molar-refractivity contribution is 7.54. The maximum absolute atomic E-state index is 12.4. The van der Waals surface area contributed by atoms with Gasteiger partial charge in [0.1, 0.15) is 0 Å². The van der Waals surface area contributed by atoms with Gasteiger partial charge < -0.3 is 14.2 Å². The predicted octanol–water partition coefficient (Wildman–Crippen LogP) is 3.96. The summed E-state index contributed by atoms with van der Waals surface area (Å²) in [5, 5.41) is 10.0. The molecule has 1 rings (SSSR count). The van der Waals surface area contributed by atoms with Gasteiger partial charge in [0.05, 0.1) is 18.8 Å². The second-order valence-electron chi connectivity index (χ2n) is 3.87. The lowest BCUT2D eigenvalue weighted by atomic mass is 10.1. The van der Waals surface area contributed by atoms with Crippen LogP contribution in [0.4, 0.5) is 13.2 Å². The molecule has 1 N–H and O–H groups in total. The highest BCUT2D eigenvalue weighted by Crippen LogP contribution is 2.59. The Morgan fingerprint density at radius 3 is 1.95 bits per heavy atom. The average molecular weight is 312 g/mol. The molecule has 0 saturated heterocycles. The lowest BCUT2D eigenvalue weighted by Crippen LogP contribution is -2.08. The van der Waals surface area contributed by atoms with E-state index in [0.717, 1.165) is 24.3 Å². The van der Waals surface area contributed by atoms with Crippen LogP contribution in [-0.2, 0) is 19.8 Å². The number of hydrogen-bond donors (Lipinski definition) is 1. The van der Waals surface area contributed by atoms with Gasteiger partial charge in [-0.05, 0) is 31.5 Å². The van der Waals surface area contributed by atoms with Crippen LogP contribution in [0.5, 0.6) is 0 Å². The number of aliphatic hydroxyl groups is 1. The second kappa shape index (κ2) is 6.72. The minimum atomic E-state index is -4.47. The van der Waals surface area contributed by atoms with Gasteiger partial charge in [-0.25, -0.2) is 0 Å². The molecule has 0 bridgehead atoms. The molecule has 0 heterocycles. The Hall–Kier alpha value is -0.880. The summed E-state index contributed by atoms with van der Waals surface area (Å²) in [6.45, 7) is 3.25. The summed E-state index contributed by atoms with van der Waals surface area (Å²) in [7, 11) is -3.81. The maximum Gasteiger partial charge on any atom is 0.416 e. The summed E-state index contributed by atoms with van der Waals surface area (Å²) in [4.78, 5) is 0. The molecule has 20 heavy (non-hydrogen) atoms. The van der Waals surface area contributed by atoms with Crippen molar-refractivity contribution in [1.29, 1.82) is 0 Å². The standard InChI is InChI=1S/C12H16F3O4P/c1-3-18-20(17,19-4-2)11(16)9-5-7-10(8-6-9)12(13,14)15/h5-8,11,16H,3-4H2,1-2H3/t11-/m0/s1. The Balaban J connectivity index is 3.01. The van der Waals surface area contributed by atoms with Gasteiger partial charge >= 0.3 is 13.8 Å². The largest absolute Gasteiger partial charge is 0.416 e. The van der Waals surface area contributed by atoms with Crippen LogP contribution in [0.2, 0.25) is 0 Å². The molecular formula is C12H16F3O4P. The van der Waals surface area contributed by atoms with Gasteiger partial charge in [-0.3, -0.25) is 4.57 Å². The molecule has 4 nitrogen and oxygen atoms in total. The van der Waals surface area contributed by atoms with E-state index in [1.165, 1.54) is 0 Å². The first-order valence-electron chi connectivity index (χ1n) is 5.98. The van der Waals surface area contributed by atoms with E-state index < -0.39 is 25.2 Å². The summed E-state index contributed by atoms with van der Waals surface area (Å²) < 4.78 is 59.5. The van der Waals surface area contributed by atoms with Gasteiger partial charge in [-0.2, -0.15) is 13.2 Å². The quantitative estimate of drug-likeness (QED) is 0.808. The Morgan fingerprint density at radius 2 is 1.60 bits per heavy atom. The summed E-state index contributed by atoms with van der Waals surface area (Å²) in [5.74, 6) is -1.62. The van der Waals surface area contributed by atoms with Crippen LogP contribution in [-0.4, -0.2) is 18.3 Å². The zero-order chi connectivity index (χ0) is 15.4. The highest BCUT2D eigenvalue weighted by Gasteiger charge is 2.36. The first-order valence-corrected chi connectivity index (χ1v) is 7.59. The van der Waals surface area contributed by atoms with Gasteiger partial charge in [0.15, 0.2) is 5.85 Å². The van der Waals surface area contributed by atoms with Crippen LogP contribution < -0.4 is 0 Å². The minimum absolute atomic E-state index is 0.0447. The summed E-state index contributed by atoms with van der Waals surface area (Å²) in [6, 6.07) is 3.72. The molecule has 0 aliphatic rings. The van der Waals surface area contributed by atoms with E-state index in [1.54, 1.807) is 13.8 Å². The van der Waals surface area contributed by atoms with E-state index >= 15 is 0 Å². The first-order chi connectivity index (χ1) is 9.24. The van der Waals surface area contributed by atoms with Crippen molar-refractivity contribution in [2.75, 3.05) is 13.2 Å². The molecule has 0 amide bonds. The van der Waals surface area contributed by atoms with Crippen molar-refractivity contribution in [3.63, 3.8) is 0 Å². The first kappa shape index (κ1) is 17.2. The molecule has 0 aromatic heterocycles. The Morgan fingerprint density at radius 1 is 1.15 bits per heavy atom. The monoisotopic (exact) mass is 312 g/mol. The van der Waals surface area contributed by atoms with Crippen molar-refractivity contribution in [1.82, 2.24) is 0 Å². The van der Waals surface area contributed by atoms with E-state index in [1.807, 2.05) is 0 Å². The number of aliphatic hydroxyl groups excluding tert-OH is 1. The molecule has 8 heteroatoms. The fraction of sp³-hybridized carbons (Fsp3) is 0.500. The highest BCUT2D eigenvalue weighted by atomic mass is 31.2. The van der Waals surface area contributed by atoms with Gasteiger partial charge in [0.25, 0.3) is 0 Å². The molecule has 0 spiro atoms. The van der Waals surface area contributed by atoms with Gasteiger partial charge in [0.2, 0.25) is 0 Å². The molecule has 0 radical (unpaired) electrons. The van der Waals surface area contributed by atoms with Gasteiger partial charge in [-0.1, -0.05) is 12.1 Å². The van der Waals surface area contributed by atoms with Crippen molar-refractivity contribution >= 4 is 7.60 Å². The maximum atomic E-state index is 12.4. The van der Waals surface area contributed by atoms with Crippen molar-refractivity contribution in [3.05, 3.63) is 35.4 Å². The third kappa shape index (κ3) is 4.06. The van der Waals surface area contributed by atoms with Crippen molar-refractivity contribution < 1.29 is 31.9 Å². The number of hydrogen-bond acceptors (Lipinski definition) is 4. The van der Waals surface area contributed by atoms with Crippen LogP contribution in [0.15, 0.2) is 24.3 Å². The van der Waals surface area contributed by atoms with Gasteiger partial charge in [0, 0.05) is 0 Å². The molecule has 0 saturated carbocycles. The summed E-state index contributed by atoms with van der Waals surface area (Å²) in [6.07, 6.45) is -4.47. The fourth-order valence-corrected chi connectivity index (χ4v) is 3.18. The third-order valence-corrected chi connectivity index (χ3v) is 4.59. The fourth-order valence-electron chi connectivity index (χ4n) is 1.57. The van der Waals surface area contributed by atoms with E-state index in [0.29, 0.717) is 0 Å². The molecule has 114 valence electrons. The molecular weight excluding hydrogens is 296 g/mol. The van der Waals surface area contributed by atoms with Gasteiger partial charge in [-0.15, -0.1) is 0 Å². The molecule has 0 aliphatic carbocycles. The SMILES string of the molecule is CCOP(=O)(OCC)[C@H](O)c1ccc(C(F)(F)F)cc1. The molecule has 1 atom stereocenters. The van der Waals surface area contributed by atoms with Crippen molar-refractivity contribution in [2.45, 2.75) is 25.9 Å². The smallest absolute Gasteiger partial charge is 0.376 e. The lowest BCUT2D eigenvalue weighted by molar-refractivity contribution is -0.137. The van der Waals surface area contributed by atoms with Crippen molar-refractivity contribution in [3.8, 4) is 0 Å². The molecule has 0 fully saturated rings. The number of halogens is 3. The number of benzene rings is 1. The van der Waals surface area contributed by atoms with Crippen LogP contribution in [0.1, 0.15) is 30.8 Å². The summed E-state index contributed by atoms with van der Waals surface area (Å²) >= 11 is 0. The summed E-state index contributed by atoms with van der Waals surface area (Å²) in [5.41, 5.74) is -0.806. The Bertz CT molecular complexity index is 463. The van der Waals surface area contributed by atoms with Crippen LogP contribution in [0, 0.1) is 0 Å². The van der Waals surface area contributed by atoms with E-state index in [4.69, 9.17) is 9.05 Å².